The largest absolute Gasteiger partial charge is 0.461 e. The summed E-state index contributed by atoms with van der Waals surface area (Å²) < 4.78 is 11.2. The standard InChI is InChI=1S/C13H25NO4Si/c1-10(15)17-9-12(14-8-7-11(14)16)18-19(5,6)13(2,3)4/h12H,7-9H2,1-6H3/t12-/m1/s1. The molecule has 0 aromatic rings. The number of ether oxygens (including phenoxy) is 1. The van der Waals surface area contributed by atoms with Crippen molar-refractivity contribution in [2.24, 2.45) is 0 Å². The molecule has 110 valence electrons. The molecule has 1 atom stereocenters. The van der Waals surface area contributed by atoms with E-state index in [4.69, 9.17) is 9.16 Å². The van der Waals surface area contributed by atoms with Gasteiger partial charge in [-0.25, -0.2) is 0 Å². The van der Waals surface area contributed by atoms with Gasteiger partial charge in [0.2, 0.25) is 5.91 Å². The first kappa shape index (κ1) is 16.2. The molecule has 0 bridgehead atoms. The molecule has 0 unspecified atom stereocenters. The van der Waals surface area contributed by atoms with Gasteiger partial charge in [0.1, 0.15) is 6.61 Å². The molecule has 5 nitrogen and oxygen atoms in total. The summed E-state index contributed by atoms with van der Waals surface area (Å²) in [5, 5.41) is 0.0510. The number of hydrogen-bond acceptors (Lipinski definition) is 4. The molecule has 1 rings (SSSR count). The minimum atomic E-state index is -2.00. The minimum Gasteiger partial charge on any atom is -0.461 e. The van der Waals surface area contributed by atoms with E-state index in [1.54, 1.807) is 4.90 Å². The lowest BCUT2D eigenvalue weighted by molar-refractivity contribution is -0.163. The van der Waals surface area contributed by atoms with E-state index in [0.717, 1.165) is 0 Å². The highest BCUT2D eigenvalue weighted by molar-refractivity contribution is 6.74. The van der Waals surface area contributed by atoms with Crippen molar-refractivity contribution in [3.8, 4) is 0 Å². The van der Waals surface area contributed by atoms with Crippen molar-refractivity contribution in [2.75, 3.05) is 13.2 Å². The molecular weight excluding hydrogens is 262 g/mol. The molecule has 19 heavy (non-hydrogen) atoms. The van der Waals surface area contributed by atoms with Crippen LogP contribution >= 0.6 is 0 Å². The van der Waals surface area contributed by atoms with Crippen LogP contribution in [0.4, 0.5) is 0 Å². The van der Waals surface area contributed by atoms with Gasteiger partial charge in [0, 0.05) is 19.9 Å². The van der Waals surface area contributed by atoms with Crippen LogP contribution in [0.15, 0.2) is 0 Å². The molecule has 1 aliphatic heterocycles. The number of β-lactam (4-membered cyclic amide) rings is 1. The van der Waals surface area contributed by atoms with E-state index in [1.165, 1.54) is 6.92 Å². The average Bonchev–Trinajstić information content (AvgIpc) is 2.21. The third-order valence-corrected chi connectivity index (χ3v) is 8.37. The lowest BCUT2D eigenvalue weighted by Crippen LogP contribution is -2.57. The third-order valence-electron chi connectivity index (χ3n) is 3.90. The van der Waals surface area contributed by atoms with Crippen molar-refractivity contribution < 1.29 is 18.8 Å². The van der Waals surface area contributed by atoms with Crippen molar-refractivity contribution in [1.29, 1.82) is 0 Å². The zero-order valence-corrected chi connectivity index (χ0v) is 13.8. The van der Waals surface area contributed by atoms with Crippen LogP contribution in [-0.2, 0) is 18.8 Å². The Kier molecular flexibility index (Phi) is 4.79. The van der Waals surface area contributed by atoms with E-state index in [2.05, 4.69) is 33.9 Å². The summed E-state index contributed by atoms with van der Waals surface area (Å²) in [7, 11) is -2.00. The lowest BCUT2D eigenvalue weighted by Gasteiger charge is -2.44. The quantitative estimate of drug-likeness (QED) is 0.441. The lowest BCUT2D eigenvalue weighted by atomic mass is 10.2. The van der Waals surface area contributed by atoms with Gasteiger partial charge in [-0.3, -0.25) is 9.59 Å². The van der Waals surface area contributed by atoms with Crippen molar-refractivity contribution in [3.63, 3.8) is 0 Å². The fraction of sp³-hybridized carbons (Fsp3) is 0.846. The van der Waals surface area contributed by atoms with Crippen LogP contribution in [0.1, 0.15) is 34.1 Å². The molecule has 0 N–H and O–H groups in total. The predicted octanol–water partition coefficient (Wildman–Crippen LogP) is 2.13. The van der Waals surface area contributed by atoms with Gasteiger partial charge in [0.25, 0.3) is 0 Å². The van der Waals surface area contributed by atoms with Gasteiger partial charge in [-0.2, -0.15) is 0 Å². The van der Waals surface area contributed by atoms with E-state index in [1.807, 2.05) is 0 Å². The highest BCUT2D eigenvalue weighted by Crippen LogP contribution is 2.38. The first-order chi connectivity index (χ1) is 8.54. The number of hydrogen-bond donors (Lipinski definition) is 0. The molecule has 0 aromatic carbocycles. The van der Waals surface area contributed by atoms with Crippen LogP contribution in [0.2, 0.25) is 18.1 Å². The van der Waals surface area contributed by atoms with Crippen molar-refractivity contribution >= 4 is 20.2 Å². The first-order valence-electron chi connectivity index (χ1n) is 6.65. The second-order valence-electron chi connectivity index (χ2n) is 6.47. The van der Waals surface area contributed by atoms with Crippen LogP contribution in [-0.4, -0.2) is 44.5 Å². The summed E-state index contributed by atoms with van der Waals surface area (Å²) in [6, 6.07) is 0. The second kappa shape index (κ2) is 5.62. The highest BCUT2D eigenvalue weighted by Gasteiger charge is 2.43. The molecule has 1 aliphatic rings. The first-order valence-corrected chi connectivity index (χ1v) is 9.56. The number of rotatable bonds is 5. The van der Waals surface area contributed by atoms with Gasteiger partial charge in [-0.15, -0.1) is 0 Å². The summed E-state index contributed by atoms with van der Waals surface area (Å²) in [6.07, 6.45) is 0.114. The maximum atomic E-state index is 11.6. The summed E-state index contributed by atoms with van der Waals surface area (Å²) in [4.78, 5) is 24.2. The summed E-state index contributed by atoms with van der Waals surface area (Å²) >= 11 is 0. The Balaban J connectivity index is 2.74. The van der Waals surface area contributed by atoms with Crippen LogP contribution in [0.3, 0.4) is 0 Å². The smallest absolute Gasteiger partial charge is 0.302 e. The topological polar surface area (TPSA) is 55.8 Å². The molecule has 1 amide bonds. The molecule has 0 spiro atoms. The summed E-state index contributed by atoms with van der Waals surface area (Å²) in [6.45, 7) is 12.8. The minimum absolute atomic E-state index is 0.0510. The Morgan fingerprint density at radius 2 is 2.00 bits per heavy atom. The SMILES string of the molecule is CC(=O)OC[C@@H](O[Si](C)(C)C(C)(C)C)N1CCC1=O. The zero-order chi connectivity index (χ0) is 14.8. The second-order valence-corrected chi connectivity index (χ2v) is 11.2. The summed E-state index contributed by atoms with van der Waals surface area (Å²) in [5.74, 6) is -0.285. The highest BCUT2D eigenvalue weighted by atomic mass is 28.4. The number of carbonyl (C=O) groups is 2. The fourth-order valence-corrected chi connectivity index (χ4v) is 2.76. The van der Waals surface area contributed by atoms with Gasteiger partial charge < -0.3 is 14.1 Å². The normalized spacial score (nSPS) is 18.0. The molecular formula is C13H25NO4Si. The number of esters is 1. The molecule has 0 aromatic heterocycles. The molecule has 1 heterocycles. The molecule has 6 heteroatoms. The van der Waals surface area contributed by atoms with Crippen LogP contribution in [0, 0.1) is 0 Å². The van der Waals surface area contributed by atoms with E-state index in [9.17, 15) is 9.59 Å². The third kappa shape index (κ3) is 4.04. The van der Waals surface area contributed by atoms with E-state index >= 15 is 0 Å². The monoisotopic (exact) mass is 287 g/mol. The van der Waals surface area contributed by atoms with Gasteiger partial charge >= 0.3 is 5.97 Å². The van der Waals surface area contributed by atoms with Crippen LogP contribution < -0.4 is 0 Å². The predicted molar refractivity (Wildman–Crippen MR) is 75.0 cm³/mol. The van der Waals surface area contributed by atoms with Gasteiger partial charge in [-0.1, -0.05) is 20.8 Å². The molecule has 1 saturated heterocycles. The molecule has 1 fully saturated rings. The Morgan fingerprint density at radius 3 is 2.32 bits per heavy atom. The zero-order valence-electron chi connectivity index (χ0n) is 12.8. The van der Waals surface area contributed by atoms with Crippen LogP contribution in [0.5, 0.6) is 0 Å². The Bertz CT molecular complexity index is 362. The maximum Gasteiger partial charge on any atom is 0.302 e. The molecule has 0 aliphatic carbocycles. The Hall–Kier alpha value is -0.883. The summed E-state index contributed by atoms with van der Waals surface area (Å²) in [5.41, 5.74) is 0. The van der Waals surface area contributed by atoms with E-state index < -0.39 is 14.5 Å². The number of amides is 1. The van der Waals surface area contributed by atoms with Gasteiger partial charge in [-0.05, 0) is 18.1 Å². The van der Waals surface area contributed by atoms with E-state index in [0.29, 0.717) is 13.0 Å². The van der Waals surface area contributed by atoms with Crippen molar-refractivity contribution in [3.05, 3.63) is 0 Å². The maximum absolute atomic E-state index is 11.6. The Labute approximate surface area is 116 Å². The van der Waals surface area contributed by atoms with E-state index in [-0.39, 0.29) is 23.5 Å². The van der Waals surface area contributed by atoms with Crippen molar-refractivity contribution in [1.82, 2.24) is 4.90 Å². The van der Waals surface area contributed by atoms with Gasteiger partial charge in [0.15, 0.2) is 14.5 Å². The van der Waals surface area contributed by atoms with Crippen molar-refractivity contribution in [2.45, 2.75) is 58.5 Å². The number of nitrogens with zero attached hydrogens (tertiary/aromatic N) is 1. The van der Waals surface area contributed by atoms with Gasteiger partial charge in [0.05, 0.1) is 0 Å². The van der Waals surface area contributed by atoms with Crippen LogP contribution in [0.25, 0.3) is 0 Å². The fourth-order valence-electron chi connectivity index (χ4n) is 1.53. The molecule has 0 saturated carbocycles. The average molecular weight is 287 g/mol. The molecule has 0 radical (unpaired) electrons. The number of carbonyl (C=O) groups excluding carboxylic acids is 2. The Morgan fingerprint density at radius 1 is 1.42 bits per heavy atom. The number of likely N-dealkylation sites (tertiary alicyclic amines) is 1.